The molecular weight excluding hydrogens is 830 g/mol. The third-order valence-electron chi connectivity index (χ3n) is 14.2. The molecule has 11 aromatic rings. The summed E-state index contributed by atoms with van der Waals surface area (Å²) >= 11 is 3.74. The highest BCUT2D eigenvalue weighted by molar-refractivity contribution is 9.10. The Bertz CT molecular complexity index is 3930. The fourth-order valence-electron chi connectivity index (χ4n) is 11.6. The number of halogens is 1. The van der Waals surface area contributed by atoms with Gasteiger partial charge in [-0.25, -0.2) is 0 Å². The molecular formula is C58H31B2BrO2. The molecule has 0 N–H and O–H groups in total. The van der Waals surface area contributed by atoms with E-state index in [9.17, 15) is 2.74 Å². The Kier molecular flexibility index (Phi) is 6.38. The Morgan fingerprint density at radius 1 is 0.349 bits per heavy atom. The van der Waals surface area contributed by atoms with Gasteiger partial charge >= 0.3 is 0 Å². The average molecular weight is 863 g/mol. The van der Waals surface area contributed by atoms with Crippen molar-refractivity contribution in [3.63, 3.8) is 0 Å². The summed E-state index contributed by atoms with van der Waals surface area (Å²) in [4.78, 5) is 0. The zero-order valence-electron chi connectivity index (χ0n) is 35.6. The van der Waals surface area contributed by atoms with Crippen molar-refractivity contribution >= 4 is 94.4 Å². The molecule has 0 atom stereocenters. The lowest BCUT2D eigenvalue weighted by Gasteiger charge is -2.37. The molecule has 0 radical (unpaired) electrons. The molecule has 2 nitrogen and oxygen atoms in total. The molecule has 4 heterocycles. The maximum absolute atomic E-state index is 10.0. The highest BCUT2D eigenvalue weighted by Crippen LogP contribution is 2.48. The van der Waals surface area contributed by atoms with Crippen molar-refractivity contribution in [2.24, 2.45) is 0 Å². The first kappa shape index (κ1) is 32.4. The van der Waals surface area contributed by atoms with Gasteiger partial charge in [0.25, 0.3) is 13.4 Å². The maximum atomic E-state index is 10.0. The predicted octanol–water partition coefficient (Wildman–Crippen LogP) is 11.6. The highest BCUT2D eigenvalue weighted by Gasteiger charge is 2.43. The third kappa shape index (κ3) is 4.65. The van der Waals surface area contributed by atoms with E-state index in [0.29, 0.717) is 12.1 Å². The van der Waals surface area contributed by atoms with Gasteiger partial charge in [-0.1, -0.05) is 172 Å². The lowest BCUT2D eigenvalue weighted by Crippen LogP contribution is -2.58. The minimum atomic E-state index is -0.155. The molecule has 0 saturated heterocycles. The van der Waals surface area contributed by atoms with Crippen LogP contribution in [0.5, 0.6) is 23.0 Å². The van der Waals surface area contributed by atoms with Gasteiger partial charge in [0.05, 0.1) is 2.74 Å². The lowest BCUT2D eigenvalue weighted by molar-refractivity contribution is 0.487. The summed E-state index contributed by atoms with van der Waals surface area (Å²) in [6, 6.07) is 63.3. The number of ether oxygens (including phenoxy) is 2. The molecule has 63 heavy (non-hydrogen) atoms. The summed E-state index contributed by atoms with van der Waals surface area (Å²) in [6.07, 6.45) is 0. The van der Waals surface area contributed by atoms with Crippen LogP contribution in [0.15, 0.2) is 192 Å². The molecule has 4 aliphatic heterocycles. The summed E-state index contributed by atoms with van der Waals surface area (Å²) in [5.74, 6) is 3.32. The Labute approximate surface area is 375 Å². The zero-order valence-corrected chi connectivity index (χ0v) is 35.2. The van der Waals surface area contributed by atoms with Crippen LogP contribution in [-0.4, -0.2) is 13.4 Å². The largest absolute Gasteiger partial charge is 0.458 e. The van der Waals surface area contributed by atoms with Crippen LogP contribution in [0.2, 0.25) is 0 Å². The summed E-state index contributed by atoms with van der Waals surface area (Å²) in [7, 11) is 0. The van der Waals surface area contributed by atoms with Crippen LogP contribution < -0.4 is 42.3 Å². The van der Waals surface area contributed by atoms with E-state index >= 15 is 0 Å². The SMILES string of the molecule is [2H]c1cc2c3c(cc4c([2H])cc5c6c(cc1c3c46)B1c3ccc(-c4ccccc4)cc3Oc3cc(-c4ccccc4)cc-5c31)B1c3ccc(Br)cc3Oc3cc(-c4ccccc4)cc-2c31. The minimum absolute atomic E-state index is 0.137. The van der Waals surface area contributed by atoms with Gasteiger partial charge < -0.3 is 9.47 Å². The van der Waals surface area contributed by atoms with Gasteiger partial charge in [0.15, 0.2) is 0 Å². The van der Waals surface area contributed by atoms with Crippen LogP contribution in [0.25, 0.3) is 88.0 Å². The predicted molar refractivity (Wildman–Crippen MR) is 267 cm³/mol. The monoisotopic (exact) mass is 862 g/mol. The second-order valence-corrected chi connectivity index (χ2v) is 18.3. The summed E-state index contributed by atoms with van der Waals surface area (Å²) < 4.78 is 34.9. The Hall–Kier alpha value is -7.33. The van der Waals surface area contributed by atoms with Gasteiger partial charge in [0, 0.05) is 4.47 Å². The average Bonchev–Trinajstić information content (AvgIpc) is 3.34. The van der Waals surface area contributed by atoms with E-state index in [2.05, 4.69) is 180 Å². The topological polar surface area (TPSA) is 18.5 Å². The smallest absolute Gasteiger partial charge is 0.252 e. The highest BCUT2D eigenvalue weighted by atomic mass is 79.9. The first-order chi connectivity index (χ1) is 31.9. The lowest BCUT2D eigenvalue weighted by atomic mass is 9.32. The molecule has 288 valence electrons. The van der Waals surface area contributed by atoms with Crippen molar-refractivity contribution in [3.8, 4) is 78.6 Å². The van der Waals surface area contributed by atoms with E-state index in [0.717, 1.165) is 148 Å². The van der Waals surface area contributed by atoms with E-state index in [-0.39, 0.29) is 13.4 Å². The van der Waals surface area contributed by atoms with Gasteiger partial charge in [-0.15, -0.1) is 0 Å². The quantitative estimate of drug-likeness (QED) is 0.130. The van der Waals surface area contributed by atoms with Crippen molar-refractivity contribution in [3.05, 3.63) is 192 Å². The fourth-order valence-corrected chi connectivity index (χ4v) is 11.9. The minimum Gasteiger partial charge on any atom is -0.458 e. The van der Waals surface area contributed by atoms with Crippen LogP contribution in [0.3, 0.4) is 0 Å². The normalized spacial score (nSPS) is 13.8. The van der Waals surface area contributed by atoms with E-state index in [1.54, 1.807) is 0 Å². The number of hydrogen-bond donors (Lipinski definition) is 0. The number of fused-ring (bicyclic) bond motifs is 8. The van der Waals surface area contributed by atoms with Crippen molar-refractivity contribution in [2.75, 3.05) is 0 Å². The van der Waals surface area contributed by atoms with Crippen LogP contribution in [0.4, 0.5) is 0 Å². The molecule has 0 amide bonds. The van der Waals surface area contributed by atoms with Crippen LogP contribution in [0, 0.1) is 0 Å². The van der Waals surface area contributed by atoms with Crippen molar-refractivity contribution in [1.29, 1.82) is 0 Å². The first-order valence-electron chi connectivity index (χ1n) is 22.6. The summed E-state index contributed by atoms with van der Waals surface area (Å²) in [5.41, 5.74) is 17.6. The van der Waals surface area contributed by atoms with E-state index < -0.39 is 0 Å². The van der Waals surface area contributed by atoms with Crippen molar-refractivity contribution in [2.45, 2.75) is 0 Å². The van der Waals surface area contributed by atoms with E-state index in [4.69, 9.17) is 9.47 Å². The van der Waals surface area contributed by atoms with Gasteiger partial charge in [0.2, 0.25) is 0 Å². The Morgan fingerprint density at radius 3 is 1.30 bits per heavy atom. The van der Waals surface area contributed by atoms with Crippen molar-refractivity contribution in [1.82, 2.24) is 0 Å². The van der Waals surface area contributed by atoms with Gasteiger partial charge in [-0.3, -0.25) is 0 Å². The molecule has 0 aliphatic carbocycles. The second kappa shape index (κ2) is 12.4. The van der Waals surface area contributed by atoms with Gasteiger partial charge in [-0.2, -0.15) is 0 Å². The molecule has 0 spiro atoms. The van der Waals surface area contributed by atoms with Gasteiger partial charge in [-0.05, 0) is 152 Å². The van der Waals surface area contributed by atoms with Crippen LogP contribution in [-0.2, 0) is 0 Å². The molecule has 4 aliphatic rings. The number of benzene rings is 11. The summed E-state index contributed by atoms with van der Waals surface area (Å²) in [6.45, 7) is -0.292. The molecule has 11 aromatic carbocycles. The molecule has 0 fully saturated rings. The van der Waals surface area contributed by atoms with Crippen LogP contribution in [0.1, 0.15) is 2.74 Å². The molecule has 5 heteroatoms. The van der Waals surface area contributed by atoms with Gasteiger partial charge in [0.1, 0.15) is 23.0 Å². The second-order valence-electron chi connectivity index (χ2n) is 17.4. The molecule has 0 unspecified atom stereocenters. The summed E-state index contributed by atoms with van der Waals surface area (Å²) in [5, 5.41) is 6.24. The third-order valence-corrected chi connectivity index (χ3v) is 14.7. The van der Waals surface area contributed by atoms with E-state index in [1.165, 1.54) is 0 Å². The zero-order chi connectivity index (χ0) is 42.8. The van der Waals surface area contributed by atoms with E-state index in [1.807, 2.05) is 12.1 Å². The van der Waals surface area contributed by atoms with Crippen LogP contribution >= 0.6 is 15.9 Å². The number of hydrogen-bond acceptors (Lipinski definition) is 2. The maximum Gasteiger partial charge on any atom is 0.252 e. The molecule has 15 rings (SSSR count). The molecule has 0 saturated carbocycles. The molecule has 0 aromatic heterocycles. The Morgan fingerprint density at radius 2 is 0.794 bits per heavy atom. The Balaban J connectivity index is 1.08. The first-order valence-corrected chi connectivity index (χ1v) is 22.4. The fraction of sp³-hybridized carbons (Fsp3) is 0. The molecule has 0 bridgehead atoms. The standard InChI is InChI=1S/C58H31B2BrO2/c61-40-19-23-46-50(31-40)63-52-30-39(34-14-8-3-9-15-34)25-44-42-21-16-36-26-47-55-41(20-17-37-27-48(60(46)58(44)52)56(42)54(36)53(37)55)43-24-38(33-12-6-2-7-13-33)29-51-57(43)59(47)45-22-18-35(28-49(45)62-51)32-10-4-1-5-11-32/h1-31H/i16D,17D. The number of rotatable bonds is 3. The van der Waals surface area contributed by atoms with Crippen molar-refractivity contribution < 1.29 is 12.2 Å².